The van der Waals surface area contributed by atoms with Crippen molar-refractivity contribution in [1.82, 2.24) is 25.1 Å². The van der Waals surface area contributed by atoms with Gasteiger partial charge in [-0.05, 0) is 43.7 Å². The lowest BCUT2D eigenvalue weighted by molar-refractivity contribution is 0.249. The lowest BCUT2D eigenvalue weighted by Gasteiger charge is -2.19. The normalized spacial score (nSPS) is 15.8. The molecule has 1 aliphatic rings. The fraction of sp³-hybridized carbons (Fsp3) is 0.217. The number of pyridine rings is 2. The summed E-state index contributed by atoms with van der Waals surface area (Å²) in [6, 6.07) is 15.1. The van der Waals surface area contributed by atoms with Crippen LogP contribution in [0.25, 0.3) is 16.7 Å². The molecule has 2 amide bonds. The second-order valence-corrected chi connectivity index (χ2v) is 8.17. The molecule has 8 nitrogen and oxygen atoms in total. The van der Waals surface area contributed by atoms with Crippen molar-refractivity contribution in [3.63, 3.8) is 0 Å². The van der Waals surface area contributed by atoms with Crippen molar-refractivity contribution in [2.45, 2.75) is 19.4 Å². The highest BCUT2D eigenvalue weighted by Crippen LogP contribution is 2.26. The fourth-order valence-corrected chi connectivity index (χ4v) is 4.24. The zero-order valence-corrected chi connectivity index (χ0v) is 18.3. The Bertz CT molecular complexity index is 1270. The number of carbonyl (C=O) groups is 1. The number of urea groups is 1. The molecule has 0 bridgehead atoms. The summed E-state index contributed by atoms with van der Waals surface area (Å²) in [6.07, 6.45) is 4.19. The largest absolute Gasteiger partial charge is 0.353 e. The van der Waals surface area contributed by atoms with Crippen LogP contribution in [0.1, 0.15) is 12.1 Å². The average molecular weight is 448 g/mol. The van der Waals surface area contributed by atoms with Gasteiger partial charge in [0.1, 0.15) is 5.82 Å². The van der Waals surface area contributed by atoms with Crippen molar-refractivity contribution in [1.29, 1.82) is 0 Å². The minimum atomic E-state index is -0.266. The number of hydrogen-bond acceptors (Lipinski definition) is 5. The zero-order chi connectivity index (χ0) is 22.1. The van der Waals surface area contributed by atoms with Gasteiger partial charge in [0.2, 0.25) is 0 Å². The maximum Gasteiger partial charge on any atom is 0.319 e. The Morgan fingerprint density at radius 2 is 2.00 bits per heavy atom. The number of aryl methyl sites for hydroxylation is 1. The molecular formula is C23H22ClN7O. The molecule has 1 fully saturated rings. The molecule has 0 saturated carbocycles. The molecule has 9 heteroatoms. The molecule has 162 valence electrons. The van der Waals surface area contributed by atoms with Crippen LogP contribution in [0, 0.1) is 6.92 Å². The SMILES string of the molecule is Cc1nn(-c2ccccc2)c2ncc(NC(=O)NC3CCN(c4ncccc4Cl)C3)cc12. The third kappa shape index (κ3) is 3.97. The summed E-state index contributed by atoms with van der Waals surface area (Å²) in [5.74, 6) is 0.749. The van der Waals surface area contributed by atoms with E-state index in [4.69, 9.17) is 11.6 Å². The van der Waals surface area contributed by atoms with Gasteiger partial charge in [-0.15, -0.1) is 0 Å². The molecule has 4 aromatic rings. The van der Waals surface area contributed by atoms with Gasteiger partial charge in [-0.25, -0.2) is 19.4 Å². The van der Waals surface area contributed by atoms with Gasteiger partial charge < -0.3 is 15.5 Å². The zero-order valence-electron chi connectivity index (χ0n) is 17.5. The second kappa shape index (κ2) is 8.47. The Morgan fingerprint density at radius 3 is 2.81 bits per heavy atom. The van der Waals surface area contributed by atoms with Crippen LogP contribution in [0.15, 0.2) is 60.9 Å². The van der Waals surface area contributed by atoms with Gasteiger partial charge in [-0.1, -0.05) is 29.8 Å². The van der Waals surface area contributed by atoms with Gasteiger partial charge in [0.15, 0.2) is 5.65 Å². The monoisotopic (exact) mass is 447 g/mol. The number of aromatic nitrogens is 4. The number of rotatable bonds is 4. The van der Waals surface area contributed by atoms with E-state index in [1.54, 1.807) is 18.5 Å². The standard InChI is InChI=1S/C23H22ClN7O/c1-15-19-12-17(13-26-21(19)31(29-15)18-6-3-2-4-7-18)28-23(32)27-16-9-11-30(14-16)22-20(24)8-5-10-25-22/h2-8,10,12-13,16H,9,11,14H2,1H3,(H2,27,28,32). The molecule has 1 atom stereocenters. The van der Waals surface area contributed by atoms with E-state index >= 15 is 0 Å². The molecule has 2 N–H and O–H groups in total. The van der Waals surface area contributed by atoms with Crippen molar-refractivity contribution in [3.05, 3.63) is 71.6 Å². The number of para-hydroxylation sites is 1. The number of anilines is 2. The van der Waals surface area contributed by atoms with E-state index in [0.29, 0.717) is 17.3 Å². The summed E-state index contributed by atoms with van der Waals surface area (Å²) in [7, 11) is 0. The van der Waals surface area contributed by atoms with Crippen LogP contribution in [-0.4, -0.2) is 44.9 Å². The van der Waals surface area contributed by atoms with Gasteiger partial charge in [0.25, 0.3) is 0 Å². The van der Waals surface area contributed by atoms with E-state index in [-0.39, 0.29) is 12.1 Å². The van der Waals surface area contributed by atoms with Crippen LogP contribution in [0.3, 0.4) is 0 Å². The van der Waals surface area contributed by atoms with Crippen molar-refractivity contribution in [3.8, 4) is 5.69 Å². The number of nitrogens with one attached hydrogen (secondary N) is 2. The fourth-order valence-electron chi connectivity index (χ4n) is 3.99. The summed E-state index contributed by atoms with van der Waals surface area (Å²) in [4.78, 5) is 23.6. The first kappa shape index (κ1) is 20.3. The van der Waals surface area contributed by atoms with Gasteiger partial charge in [-0.2, -0.15) is 5.10 Å². The highest BCUT2D eigenvalue weighted by atomic mass is 35.5. The number of carbonyl (C=O) groups excluding carboxylic acids is 1. The van der Waals surface area contributed by atoms with Crippen LogP contribution in [-0.2, 0) is 0 Å². The molecule has 5 rings (SSSR count). The lowest BCUT2D eigenvalue weighted by Crippen LogP contribution is -2.39. The Hall–Kier alpha value is -3.65. The molecule has 1 aliphatic heterocycles. The first-order valence-electron chi connectivity index (χ1n) is 10.4. The highest BCUT2D eigenvalue weighted by Gasteiger charge is 2.26. The predicted molar refractivity (Wildman–Crippen MR) is 126 cm³/mol. The smallest absolute Gasteiger partial charge is 0.319 e. The van der Waals surface area contributed by atoms with Crippen molar-refractivity contribution in [2.24, 2.45) is 0 Å². The molecule has 1 saturated heterocycles. The van der Waals surface area contributed by atoms with E-state index in [9.17, 15) is 4.79 Å². The summed E-state index contributed by atoms with van der Waals surface area (Å²) >= 11 is 6.25. The predicted octanol–water partition coefficient (Wildman–Crippen LogP) is 4.18. The molecule has 1 aromatic carbocycles. The second-order valence-electron chi connectivity index (χ2n) is 7.77. The maximum absolute atomic E-state index is 12.6. The molecule has 4 heterocycles. The van der Waals surface area contributed by atoms with Crippen LogP contribution in [0.2, 0.25) is 5.02 Å². The number of fused-ring (bicyclic) bond motifs is 1. The summed E-state index contributed by atoms with van der Waals surface area (Å²) < 4.78 is 1.81. The van der Waals surface area contributed by atoms with Gasteiger partial charge >= 0.3 is 6.03 Å². The van der Waals surface area contributed by atoms with Crippen LogP contribution >= 0.6 is 11.6 Å². The van der Waals surface area contributed by atoms with Crippen LogP contribution < -0.4 is 15.5 Å². The first-order valence-corrected chi connectivity index (χ1v) is 10.8. The molecular weight excluding hydrogens is 426 g/mol. The van der Waals surface area contributed by atoms with E-state index < -0.39 is 0 Å². The van der Waals surface area contributed by atoms with Crippen molar-refractivity contribution < 1.29 is 4.79 Å². The minimum absolute atomic E-state index is 0.00679. The van der Waals surface area contributed by atoms with E-state index in [0.717, 1.165) is 41.2 Å². The van der Waals surface area contributed by atoms with Gasteiger partial charge in [0, 0.05) is 30.7 Å². The summed E-state index contributed by atoms with van der Waals surface area (Å²) in [5, 5.41) is 12.0. The van der Waals surface area contributed by atoms with Crippen molar-refractivity contribution >= 4 is 40.2 Å². The number of amides is 2. The quantitative estimate of drug-likeness (QED) is 0.490. The van der Waals surface area contributed by atoms with E-state index in [1.165, 1.54) is 0 Å². The first-order chi connectivity index (χ1) is 15.6. The molecule has 1 unspecified atom stereocenters. The molecule has 0 spiro atoms. The average Bonchev–Trinajstić information content (AvgIpc) is 3.39. The Balaban J connectivity index is 1.26. The topological polar surface area (TPSA) is 88.0 Å². The van der Waals surface area contributed by atoms with Crippen molar-refractivity contribution in [2.75, 3.05) is 23.3 Å². The highest BCUT2D eigenvalue weighted by molar-refractivity contribution is 6.32. The van der Waals surface area contributed by atoms with Gasteiger partial charge in [-0.3, -0.25) is 0 Å². The Kier molecular flexibility index (Phi) is 5.36. The van der Waals surface area contributed by atoms with E-state index in [1.807, 2.05) is 54.1 Å². The summed E-state index contributed by atoms with van der Waals surface area (Å²) in [6.45, 7) is 3.38. The minimum Gasteiger partial charge on any atom is -0.353 e. The van der Waals surface area contributed by atoms with Crippen LogP contribution in [0.4, 0.5) is 16.3 Å². The lowest BCUT2D eigenvalue weighted by atomic mass is 10.2. The van der Waals surface area contributed by atoms with Gasteiger partial charge in [0.05, 0.1) is 28.3 Å². The number of nitrogens with zero attached hydrogens (tertiary/aromatic N) is 5. The maximum atomic E-state index is 12.6. The third-order valence-corrected chi connectivity index (χ3v) is 5.82. The Labute approximate surface area is 190 Å². The van der Waals surface area contributed by atoms with Crippen LogP contribution in [0.5, 0.6) is 0 Å². The number of halogens is 1. The molecule has 3 aromatic heterocycles. The molecule has 0 aliphatic carbocycles. The molecule has 0 radical (unpaired) electrons. The number of hydrogen-bond donors (Lipinski definition) is 2. The molecule has 32 heavy (non-hydrogen) atoms. The third-order valence-electron chi connectivity index (χ3n) is 5.53. The Morgan fingerprint density at radius 1 is 1.16 bits per heavy atom. The summed E-state index contributed by atoms with van der Waals surface area (Å²) in [5.41, 5.74) is 3.15. The van der Waals surface area contributed by atoms with E-state index in [2.05, 4.69) is 30.6 Å². The number of benzene rings is 1.